The molecule has 4 aliphatic rings. The van der Waals surface area contributed by atoms with E-state index in [2.05, 4.69) is 65.3 Å². The van der Waals surface area contributed by atoms with Crippen LogP contribution in [0.15, 0.2) is 0 Å². The molecule has 3 N–H and O–H groups in total. The van der Waals surface area contributed by atoms with E-state index in [4.69, 9.17) is 0 Å². The maximum atomic E-state index is 12.3. The number of nitrogens with zero attached hydrogens (tertiary/aromatic N) is 3. The lowest BCUT2D eigenvalue weighted by atomic mass is 9.84. The Hall–Kier alpha value is -1.22. The van der Waals surface area contributed by atoms with Gasteiger partial charge in [-0.1, -0.05) is 40.0 Å². The van der Waals surface area contributed by atoms with Gasteiger partial charge in [0.1, 0.15) is 0 Å². The summed E-state index contributed by atoms with van der Waals surface area (Å²) in [5.41, 5.74) is 0.124. The van der Waals surface area contributed by atoms with Gasteiger partial charge in [0.25, 0.3) is 0 Å². The van der Waals surface area contributed by atoms with Crippen LogP contribution in [-0.2, 0) is 9.59 Å². The number of carbonyl (C=O) groups is 2. The van der Waals surface area contributed by atoms with Gasteiger partial charge in [-0.25, -0.2) is 0 Å². The molecule has 3 saturated heterocycles. The van der Waals surface area contributed by atoms with Crippen LogP contribution in [0.25, 0.3) is 0 Å². The molecule has 1 saturated carbocycles. The SMILES string of the molecule is CC(NC(=O)CN1CCN2CCCC2C1)C1CCCCC1.CC(NC(=O)CN1CCNCC1)C(C)(C)C. The second-order valence-corrected chi connectivity index (χ2v) is 13.0. The van der Waals surface area contributed by atoms with E-state index in [1.807, 2.05) is 0 Å². The maximum absolute atomic E-state index is 12.3. The number of fused-ring (bicyclic) bond motifs is 1. The fourth-order valence-electron chi connectivity index (χ4n) is 6.03. The van der Waals surface area contributed by atoms with E-state index < -0.39 is 0 Å². The third-order valence-electron chi connectivity index (χ3n) is 9.04. The predicted octanol–water partition coefficient (Wildman–Crippen LogP) is 2.29. The molecule has 3 unspecified atom stereocenters. The maximum Gasteiger partial charge on any atom is 0.234 e. The molecule has 0 aromatic heterocycles. The van der Waals surface area contributed by atoms with E-state index in [1.54, 1.807) is 0 Å². The van der Waals surface area contributed by atoms with Gasteiger partial charge in [-0.05, 0) is 57.4 Å². The average Bonchev–Trinajstić information content (AvgIpc) is 3.33. The predicted molar refractivity (Wildman–Crippen MR) is 152 cm³/mol. The molecule has 0 bridgehead atoms. The van der Waals surface area contributed by atoms with Gasteiger partial charge in [0, 0.05) is 63.9 Å². The van der Waals surface area contributed by atoms with Crippen molar-refractivity contribution in [2.24, 2.45) is 11.3 Å². The number of hydrogen-bond donors (Lipinski definition) is 3. The Morgan fingerprint density at radius 2 is 1.46 bits per heavy atom. The fourth-order valence-corrected chi connectivity index (χ4v) is 6.03. The Bertz CT molecular complexity index is 699. The van der Waals surface area contributed by atoms with Crippen LogP contribution in [0, 0.1) is 11.3 Å². The van der Waals surface area contributed by atoms with Crippen LogP contribution in [0.3, 0.4) is 0 Å². The number of amides is 2. The second kappa shape index (κ2) is 14.8. The van der Waals surface area contributed by atoms with Gasteiger partial charge in [-0.15, -0.1) is 0 Å². The smallest absolute Gasteiger partial charge is 0.234 e. The van der Waals surface area contributed by atoms with Gasteiger partial charge < -0.3 is 16.0 Å². The molecule has 0 aromatic rings. The molecule has 4 fully saturated rings. The summed E-state index contributed by atoms with van der Waals surface area (Å²) in [5, 5.41) is 9.61. The summed E-state index contributed by atoms with van der Waals surface area (Å²) in [6, 6.07) is 1.27. The number of rotatable bonds is 7. The van der Waals surface area contributed by atoms with Crippen molar-refractivity contribution >= 4 is 11.8 Å². The van der Waals surface area contributed by atoms with Crippen LogP contribution in [0.1, 0.15) is 79.6 Å². The molecule has 0 spiro atoms. The van der Waals surface area contributed by atoms with Crippen molar-refractivity contribution < 1.29 is 9.59 Å². The van der Waals surface area contributed by atoms with Crippen molar-refractivity contribution in [3.8, 4) is 0 Å². The second-order valence-electron chi connectivity index (χ2n) is 13.0. The Balaban J connectivity index is 0.000000214. The van der Waals surface area contributed by atoms with Crippen LogP contribution in [-0.4, -0.2) is 110 Å². The zero-order chi connectivity index (χ0) is 26.8. The molecule has 3 aliphatic heterocycles. The molecule has 0 radical (unpaired) electrons. The van der Waals surface area contributed by atoms with E-state index in [1.165, 1.54) is 51.5 Å². The Labute approximate surface area is 226 Å². The van der Waals surface area contributed by atoms with Gasteiger partial charge >= 0.3 is 0 Å². The average molecular weight is 521 g/mol. The van der Waals surface area contributed by atoms with E-state index >= 15 is 0 Å². The van der Waals surface area contributed by atoms with E-state index in [0.717, 1.165) is 45.8 Å². The van der Waals surface area contributed by atoms with Crippen LogP contribution in [0.4, 0.5) is 0 Å². The number of piperazine rings is 2. The summed E-state index contributed by atoms with van der Waals surface area (Å²) in [6.45, 7) is 20.3. The normalized spacial score (nSPS) is 25.9. The molecular formula is C29H56N6O2. The first-order valence-corrected chi connectivity index (χ1v) is 15.1. The third kappa shape index (κ3) is 10.5. The van der Waals surface area contributed by atoms with Gasteiger partial charge in [0.2, 0.25) is 11.8 Å². The molecule has 4 rings (SSSR count). The minimum atomic E-state index is 0.124. The Morgan fingerprint density at radius 1 is 0.811 bits per heavy atom. The van der Waals surface area contributed by atoms with E-state index in [-0.39, 0.29) is 23.3 Å². The number of nitrogens with one attached hydrogen (secondary N) is 3. The van der Waals surface area contributed by atoms with Crippen molar-refractivity contribution in [1.82, 2.24) is 30.7 Å². The summed E-state index contributed by atoms with van der Waals surface area (Å²) >= 11 is 0. The van der Waals surface area contributed by atoms with Gasteiger partial charge in [-0.2, -0.15) is 0 Å². The van der Waals surface area contributed by atoms with Crippen LogP contribution < -0.4 is 16.0 Å². The van der Waals surface area contributed by atoms with Crippen molar-refractivity contribution in [1.29, 1.82) is 0 Å². The lowest BCUT2D eigenvalue weighted by molar-refractivity contribution is -0.124. The lowest BCUT2D eigenvalue weighted by Crippen LogP contribution is -2.53. The van der Waals surface area contributed by atoms with Crippen LogP contribution in [0.5, 0.6) is 0 Å². The van der Waals surface area contributed by atoms with Crippen molar-refractivity contribution in [2.45, 2.75) is 97.7 Å². The third-order valence-corrected chi connectivity index (χ3v) is 9.04. The van der Waals surface area contributed by atoms with Gasteiger partial charge in [-0.3, -0.25) is 24.3 Å². The first-order valence-electron chi connectivity index (χ1n) is 15.1. The highest BCUT2D eigenvalue weighted by Crippen LogP contribution is 2.26. The van der Waals surface area contributed by atoms with Crippen molar-refractivity contribution in [3.63, 3.8) is 0 Å². The first-order chi connectivity index (χ1) is 17.6. The largest absolute Gasteiger partial charge is 0.352 e. The topological polar surface area (TPSA) is 80.0 Å². The van der Waals surface area contributed by atoms with Gasteiger partial charge in [0.15, 0.2) is 0 Å². The molecule has 3 heterocycles. The minimum Gasteiger partial charge on any atom is -0.352 e. The monoisotopic (exact) mass is 520 g/mol. The van der Waals surface area contributed by atoms with Crippen LogP contribution in [0.2, 0.25) is 0 Å². The lowest BCUT2D eigenvalue weighted by Gasteiger charge is -2.37. The fraction of sp³-hybridized carbons (Fsp3) is 0.931. The Kier molecular flexibility index (Phi) is 12.1. The molecule has 2 amide bonds. The zero-order valence-corrected chi connectivity index (χ0v) is 24.5. The first kappa shape index (κ1) is 30.3. The summed E-state index contributed by atoms with van der Waals surface area (Å²) in [4.78, 5) is 31.2. The quantitative estimate of drug-likeness (QED) is 0.478. The Morgan fingerprint density at radius 3 is 2.14 bits per heavy atom. The molecule has 37 heavy (non-hydrogen) atoms. The van der Waals surface area contributed by atoms with E-state index in [9.17, 15) is 9.59 Å². The van der Waals surface area contributed by atoms with Gasteiger partial charge in [0.05, 0.1) is 13.1 Å². The molecular weight excluding hydrogens is 464 g/mol. The highest BCUT2D eigenvalue weighted by Gasteiger charge is 2.31. The summed E-state index contributed by atoms with van der Waals surface area (Å²) in [5.74, 6) is 1.08. The zero-order valence-electron chi connectivity index (χ0n) is 24.5. The highest BCUT2D eigenvalue weighted by atomic mass is 16.2. The molecule has 1 aliphatic carbocycles. The number of hydrogen-bond acceptors (Lipinski definition) is 6. The summed E-state index contributed by atoms with van der Waals surface area (Å²) in [7, 11) is 0. The molecule has 8 heteroatoms. The molecule has 214 valence electrons. The molecule has 8 nitrogen and oxygen atoms in total. The highest BCUT2D eigenvalue weighted by molar-refractivity contribution is 5.78. The van der Waals surface area contributed by atoms with Crippen LogP contribution >= 0.6 is 0 Å². The number of carbonyl (C=O) groups excluding carboxylic acids is 2. The minimum absolute atomic E-state index is 0.124. The molecule has 3 atom stereocenters. The standard InChI is InChI=1S/C17H31N3O.C12H25N3O/c1-14(15-6-3-2-4-7-15)18-17(21)13-19-10-11-20-9-5-8-16(20)12-19;1-10(12(2,3)4)14-11(16)9-15-7-5-13-6-8-15/h14-16H,2-13H2,1H3,(H,18,21);10,13H,5-9H2,1-4H3,(H,14,16). The van der Waals surface area contributed by atoms with Crippen molar-refractivity contribution in [3.05, 3.63) is 0 Å². The summed E-state index contributed by atoms with van der Waals surface area (Å²) < 4.78 is 0. The van der Waals surface area contributed by atoms with Crippen molar-refractivity contribution in [2.75, 3.05) is 65.4 Å². The summed E-state index contributed by atoms with van der Waals surface area (Å²) in [6.07, 6.45) is 9.30. The molecule has 0 aromatic carbocycles. The van der Waals surface area contributed by atoms with E-state index in [0.29, 0.717) is 31.1 Å².